The lowest BCUT2D eigenvalue weighted by atomic mass is 10.1. The van der Waals surface area contributed by atoms with Crippen LogP contribution in [0.5, 0.6) is 0 Å². The van der Waals surface area contributed by atoms with Crippen molar-refractivity contribution in [2.45, 2.75) is 13.0 Å². The van der Waals surface area contributed by atoms with Gasteiger partial charge in [0.25, 0.3) is 11.8 Å². The summed E-state index contributed by atoms with van der Waals surface area (Å²) in [6, 6.07) is 7.49. The van der Waals surface area contributed by atoms with Crippen molar-refractivity contribution in [3.05, 3.63) is 68.7 Å². The predicted molar refractivity (Wildman–Crippen MR) is 98.1 cm³/mol. The number of hydrogen-bond acceptors (Lipinski definition) is 8. The van der Waals surface area contributed by atoms with E-state index in [2.05, 4.69) is 15.3 Å². The molecule has 1 N–H and O–H groups in total. The topological polar surface area (TPSA) is 131 Å². The molecule has 0 unspecified atom stereocenters. The standard InChI is InChI=1S/C17H13N5O5S/c23-15(11-3-1-2-7-18-11)20-17-19-10-6-8-21(9-13(10)28-17)16(24)12-4-5-14(27-12)22(25)26/h1-5,7H,6,8-9H2,(H,19,20,23). The first-order valence-electron chi connectivity index (χ1n) is 8.26. The number of thiazole rings is 1. The van der Waals surface area contributed by atoms with Crippen LogP contribution in [0, 0.1) is 10.1 Å². The van der Waals surface area contributed by atoms with E-state index in [0.29, 0.717) is 24.6 Å². The number of hydrogen-bond donors (Lipinski definition) is 1. The maximum atomic E-state index is 12.5. The van der Waals surface area contributed by atoms with Crippen LogP contribution in [0.4, 0.5) is 11.0 Å². The Morgan fingerprint density at radius 3 is 2.86 bits per heavy atom. The summed E-state index contributed by atoms with van der Waals surface area (Å²) in [6.07, 6.45) is 2.05. The second kappa shape index (κ2) is 7.19. The molecule has 1 aliphatic heterocycles. The van der Waals surface area contributed by atoms with E-state index in [-0.39, 0.29) is 17.4 Å². The molecule has 0 fully saturated rings. The molecule has 0 atom stereocenters. The van der Waals surface area contributed by atoms with E-state index in [1.54, 1.807) is 18.2 Å². The molecule has 3 aromatic heterocycles. The van der Waals surface area contributed by atoms with Crippen LogP contribution in [0.15, 0.2) is 40.9 Å². The van der Waals surface area contributed by atoms with Crippen LogP contribution < -0.4 is 5.32 Å². The smallest absolute Gasteiger partial charge is 0.395 e. The number of fused-ring (bicyclic) bond motifs is 1. The summed E-state index contributed by atoms with van der Waals surface area (Å²) in [7, 11) is 0. The number of carbonyl (C=O) groups is 2. The van der Waals surface area contributed by atoms with Crippen molar-refractivity contribution in [1.82, 2.24) is 14.9 Å². The van der Waals surface area contributed by atoms with Gasteiger partial charge in [-0.05, 0) is 18.2 Å². The quantitative estimate of drug-likeness (QED) is 0.526. The van der Waals surface area contributed by atoms with E-state index >= 15 is 0 Å². The number of aromatic nitrogens is 2. The zero-order chi connectivity index (χ0) is 19.7. The van der Waals surface area contributed by atoms with Gasteiger partial charge >= 0.3 is 5.88 Å². The minimum absolute atomic E-state index is 0.0802. The molecule has 3 aromatic rings. The number of nitro groups is 1. The van der Waals surface area contributed by atoms with Crippen molar-refractivity contribution in [3.8, 4) is 0 Å². The third-order valence-electron chi connectivity index (χ3n) is 4.12. The SMILES string of the molecule is O=C(Nc1nc2c(s1)CN(C(=O)c1ccc([N+](=O)[O-])o1)CC2)c1ccccn1. The van der Waals surface area contributed by atoms with Gasteiger partial charge in [-0.2, -0.15) is 0 Å². The number of pyridine rings is 1. The highest BCUT2D eigenvalue weighted by molar-refractivity contribution is 7.15. The number of carbonyl (C=O) groups excluding carboxylic acids is 2. The minimum atomic E-state index is -0.690. The van der Waals surface area contributed by atoms with Crippen LogP contribution in [-0.4, -0.2) is 38.2 Å². The maximum Gasteiger partial charge on any atom is 0.433 e. The lowest BCUT2D eigenvalue weighted by Gasteiger charge is -2.24. The monoisotopic (exact) mass is 399 g/mol. The van der Waals surface area contributed by atoms with Crippen LogP contribution in [0.2, 0.25) is 0 Å². The van der Waals surface area contributed by atoms with Gasteiger partial charge in [0, 0.05) is 24.0 Å². The summed E-state index contributed by atoms with van der Waals surface area (Å²) < 4.78 is 4.99. The lowest BCUT2D eigenvalue weighted by molar-refractivity contribution is -0.402. The fraction of sp³-hybridized carbons (Fsp3) is 0.176. The highest BCUT2D eigenvalue weighted by atomic mass is 32.1. The molecule has 11 heteroatoms. The van der Waals surface area contributed by atoms with Gasteiger partial charge in [-0.3, -0.25) is 30.0 Å². The zero-order valence-corrected chi connectivity index (χ0v) is 15.1. The Balaban J connectivity index is 1.46. The second-order valence-electron chi connectivity index (χ2n) is 5.93. The minimum Gasteiger partial charge on any atom is -0.395 e. The number of anilines is 1. The van der Waals surface area contributed by atoms with Crippen LogP contribution in [0.3, 0.4) is 0 Å². The molecule has 10 nitrogen and oxygen atoms in total. The van der Waals surface area contributed by atoms with Crippen LogP contribution in [0.1, 0.15) is 31.6 Å². The van der Waals surface area contributed by atoms with Crippen LogP contribution in [-0.2, 0) is 13.0 Å². The van der Waals surface area contributed by atoms with E-state index in [1.165, 1.54) is 28.5 Å². The number of nitrogens with one attached hydrogen (secondary N) is 1. The summed E-state index contributed by atoms with van der Waals surface area (Å²) >= 11 is 1.28. The Hall–Kier alpha value is -3.60. The normalized spacial score (nSPS) is 13.1. The van der Waals surface area contributed by atoms with Crippen molar-refractivity contribution >= 4 is 34.2 Å². The van der Waals surface area contributed by atoms with E-state index in [4.69, 9.17) is 4.42 Å². The van der Waals surface area contributed by atoms with Gasteiger partial charge in [-0.15, -0.1) is 0 Å². The van der Waals surface area contributed by atoms with Gasteiger partial charge in [-0.1, -0.05) is 17.4 Å². The number of rotatable bonds is 4. The first-order valence-corrected chi connectivity index (χ1v) is 9.07. The van der Waals surface area contributed by atoms with Gasteiger partial charge in [-0.25, -0.2) is 4.98 Å². The molecule has 28 heavy (non-hydrogen) atoms. The molecule has 0 spiro atoms. The first kappa shape index (κ1) is 17.8. The molecule has 4 rings (SSSR count). The number of nitrogens with zero attached hydrogens (tertiary/aromatic N) is 4. The Morgan fingerprint density at radius 2 is 2.14 bits per heavy atom. The zero-order valence-electron chi connectivity index (χ0n) is 14.3. The highest BCUT2D eigenvalue weighted by Gasteiger charge is 2.28. The molecule has 0 aromatic carbocycles. The molecule has 0 radical (unpaired) electrons. The third kappa shape index (κ3) is 3.47. The molecule has 0 saturated carbocycles. The first-order chi connectivity index (χ1) is 13.5. The molecule has 2 amide bonds. The average molecular weight is 399 g/mol. The average Bonchev–Trinajstić information content (AvgIpc) is 3.34. The van der Waals surface area contributed by atoms with Crippen molar-refractivity contribution in [2.24, 2.45) is 0 Å². The van der Waals surface area contributed by atoms with Gasteiger partial charge in [0.15, 0.2) is 10.9 Å². The van der Waals surface area contributed by atoms with Gasteiger partial charge in [0.2, 0.25) is 0 Å². The summed E-state index contributed by atoms with van der Waals surface area (Å²) in [5, 5.41) is 13.9. The summed E-state index contributed by atoms with van der Waals surface area (Å²) in [5.41, 5.74) is 1.10. The number of amides is 2. The predicted octanol–water partition coefficient (Wildman–Crippen LogP) is 2.49. The van der Waals surface area contributed by atoms with Crippen molar-refractivity contribution < 1.29 is 18.9 Å². The summed E-state index contributed by atoms with van der Waals surface area (Å²) in [6.45, 7) is 0.692. The van der Waals surface area contributed by atoms with E-state index in [1.807, 2.05) is 0 Å². The van der Waals surface area contributed by atoms with Crippen LogP contribution in [0.25, 0.3) is 0 Å². The fourth-order valence-corrected chi connectivity index (χ4v) is 3.80. The lowest BCUT2D eigenvalue weighted by Crippen LogP contribution is -2.35. The van der Waals surface area contributed by atoms with Gasteiger partial charge < -0.3 is 9.32 Å². The number of furan rings is 1. The van der Waals surface area contributed by atoms with Crippen molar-refractivity contribution in [1.29, 1.82) is 0 Å². The van der Waals surface area contributed by atoms with Crippen LogP contribution >= 0.6 is 11.3 Å². The van der Waals surface area contributed by atoms with E-state index < -0.39 is 16.7 Å². The van der Waals surface area contributed by atoms with E-state index in [0.717, 1.165) is 16.6 Å². The Morgan fingerprint density at radius 1 is 1.29 bits per heavy atom. The Labute approximate surface area is 162 Å². The molecule has 0 aliphatic carbocycles. The largest absolute Gasteiger partial charge is 0.433 e. The molecule has 1 aliphatic rings. The van der Waals surface area contributed by atoms with Crippen molar-refractivity contribution in [3.63, 3.8) is 0 Å². The van der Waals surface area contributed by atoms with Crippen molar-refractivity contribution in [2.75, 3.05) is 11.9 Å². The molecule has 4 heterocycles. The molecule has 0 saturated heterocycles. The summed E-state index contributed by atoms with van der Waals surface area (Å²) in [5.74, 6) is -1.34. The molecular weight excluding hydrogens is 386 g/mol. The summed E-state index contributed by atoms with van der Waals surface area (Å²) in [4.78, 5) is 45.5. The molecule has 142 valence electrons. The van der Waals surface area contributed by atoms with E-state index in [9.17, 15) is 19.7 Å². The highest BCUT2D eigenvalue weighted by Crippen LogP contribution is 2.29. The Bertz CT molecular complexity index is 1060. The third-order valence-corrected chi connectivity index (χ3v) is 5.12. The van der Waals surface area contributed by atoms with Gasteiger partial charge in [0.1, 0.15) is 10.6 Å². The van der Waals surface area contributed by atoms with Gasteiger partial charge in [0.05, 0.1) is 18.3 Å². The second-order valence-corrected chi connectivity index (χ2v) is 7.01. The Kier molecular flexibility index (Phi) is 4.57. The molecular formula is C17H13N5O5S. The maximum absolute atomic E-state index is 12.5. The molecule has 0 bridgehead atoms. The fourth-order valence-electron chi connectivity index (χ4n) is 2.78.